The number of rotatable bonds is 5. The Labute approximate surface area is 165 Å². The van der Waals surface area contributed by atoms with Gasteiger partial charge < -0.3 is 4.74 Å². The molecule has 0 saturated heterocycles. The molecule has 27 heavy (non-hydrogen) atoms. The van der Waals surface area contributed by atoms with Crippen molar-refractivity contribution in [1.82, 2.24) is 9.13 Å². The van der Waals surface area contributed by atoms with Gasteiger partial charge in [0.1, 0.15) is 4.83 Å². The Bertz CT molecular complexity index is 1100. The molecule has 0 aliphatic heterocycles. The van der Waals surface area contributed by atoms with E-state index < -0.39 is 0 Å². The van der Waals surface area contributed by atoms with E-state index in [2.05, 4.69) is 0 Å². The highest BCUT2D eigenvalue weighted by atomic mass is 35.5. The van der Waals surface area contributed by atoms with Crippen LogP contribution in [0.15, 0.2) is 33.9 Å². The Balaban J connectivity index is 1.95. The molecule has 0 saturated carbocycles. The predicted molar refractivity (Wildman–Crippen MR) is 109 cm³/mol. The fourth-order valence-electron chi connectivity index (χ4n) is 3.71. The van der Waals surface area contributed by atoms with Gasteiger partial charge in [-0.1, -0.05) is 23.7 Å². The molecule has 0 unspecified atom stereocenters. The van der Waals surface area contributed by atoms with E-state index >= 15 is 0 Å². The van der Waals surface area contributed by atoms with E-state index in [1.165, 1.54) is 9.44 Å². The molecular formula is C20H21ClN2O3S. The Kier molecular flexibility index (Phi) is 5.21. The van der Waals surface area contributed by atoms with Gasteiger partial charge in [-0.2, -0.15) is 0 Å². The van der Waals surface area contributed by atoms with Gasteiger partial charge in [0.05, 0.1) is 25.1 Å². The molecule has 1 aliphatic carbocycles. The largest absolute Gasteiger partial charge is 0.383 e. The van der Waals surface area contributed by atoms with Crippen molar-refractivity contribution in [3.63, 3.8) is 0 Å². The van der Waals surface area contributed by atoms with E-state index in [1.807, 2.05) is 24.3 Å². The fraction of sp³-hybridized carbons (Fsp3) is 0.400. The normalized spacial score (nSPS) is 13.9. The Morgan fingerprint density at radius 2 is 1.85 bits per heavy atom. The number of hydrogen-bond acceptors (Lipinski definition) is 4. The van der Waals surface area contributed by atoms with E-state index in [-0.39, 0.29) is 17.8 Å². The van der Waals surface area contributed by atoms with Crippen LogP contribution in [0.3, 0.4) is 0 Å². The first-order chi connectivity index (χ1) is 13.1. The monoisotopic (exact) mass is 404 g/mol. The topological polar surface area (TPSA) is 53.2 Å². The average molecular weight is 405 g/mol. The molecule has 1 aromatic carbocycles. The summed E-state index contributed by atoms with van der Waals surface area (Å²) >= 11 is 7.59. The zero-order chi connectivity index (χ0) is 19.0. The molecule has 0 fully saturated rings. The molecule has 2 aromatic heterocycles. The minimum absolute atomic E-state index is 0.182. The molecule has 3 aromatic rings. The van der Waals surface area contributed by atoms with Crippen LogP contribution in [-0.4, -0.2) is 22.9 Å². The highest BCUT2D eigenvalue weighted by molar-refractivity contribution is 7.18. The first kappa shape index (κ1) is 18.5. The van der Waals surface area contributed by atoms with Gasteiger partial charge in [-0.05, 0) is 48.9 Å². The van der Waals surface area contributed by atoms with Crippen LogP contribution in [0.1, 0.15) is 28.8 Å². The van der Waals surface area contributed by atoms with Gasteiger partial charge in [-0.25, -0.2) is 4.79 Å². The van der Waals surface area contributed by atoms with Crippen molar-refractivity contribution in [2.75, 3.05) is 13.7 Å². The molecule has 4 rings (SSSR count). The lowest BCUT2D eigenvalue weighted by Crippen LogP contribution is -2.41. The molecule has 0 bridgehead atoms. The van der Waals surface area contributed by atoms with Gasteiger partial charge >= 0.3 is 5.69 Å². The third kappa shape index (κ3) is 3.37. The summed E-state index contributed by atoms with van der Waals surface area (Å²) in [5.74, 6) is 0. The molecule has 5 nitrogen and oxygen atoms in total. The molecule has 0 amide bonds. The minimum Gasteiger partial charge on any atom is -0.383 e. The van der Waals surface area contributed by atoms with Crippen LogP contribution in [0.25, 0.3) is 10.2 Å². The highest BCUT2D eigenvalue weighted by Gasteiger charge is 2.23. The van der Waals surface area contributed by atoms with Gasteiger partial charge in [-0.3, -0.25) is 13.9 Å². The van der Waals surface area contributed by atoms with Gasteiger partial charge in [-0.15, -0.1) is 11.3 Å². The number of thiophene rings is 1. The zero-order valence-corrected chi connectivity index (χ0v) is 16.7. The summed E-state index contributed by atoms with van der Waals surface area (Å²) in [6, 6.07) is 7.47. The van der Waals surface area contributed by atoms with Crippen LogP contribution in [0.2, 0.25) is 5.02 Å². The van der Waals surface area contributed by atoms with E-state index in [1.54, 1.807) is 23.0 Å². The van der Waals surface area contributed by atoms with Crippen molar-refractivity contribution >= 4 is 33.2 Å². The molecular weight excluding hydrogens is 384 g/mol. The Hall–Kier alpha value is -1.89. The van der Waals surface area contributed by atoms with Crippen molar-refractivity contribution < 1.29 is 4.74 Å². The van der Waals surface area contributed by atoms with Crippen LogP contribution in [-0.2, 0) is 30.7 Å². The van der Waals surface area contributed by atoms with Gasteiger partial charge in [0.25, 0.3) is 5.56 Å². The number of fused-ring (bicyclic) bond motifs is 3. The third-order valence-corrected chi connectivity index (χ3v) is 6.66. The second kappa shape index (κ2) is 7.62. The van der Waals surface area contributed by atoms with Crippen molar-refractivity contribution in [2.45, 2.75) is 38.8 Å². The SMILES string of the molecule is COCCn1c(=O)c2c3c(sc2n(Cc2ccc(Cl)cc2)c1=O)CCCC3. The van der Waals surface area contributed by atoms with Crippen LogP contribution in [0.4, 0.5) is 0 Å². The molecule has 7 heteroatoms. The first-order valence-corrected chi connectivity index (χ1v) is 10.3. The second-order valence-electron chi connectivity index (χ2n) is 6.84. The summed E-state index contributed by atoms with van der Waals surface area (Å²) in [6.45, 7) is 1.00. The summed E-state index contributed by atoms with van der Waals surface area (Å²) in [4.78, 5) is 28.3. The maximum atomic E-state index is 13.1. The fourth-order valence-corrected chi connectivity index (χ4v) is 5.21. The number of aromatic nitrogens is 2. The maximum absolute atomic E-state index is 13.1. The van der Waals surface area contributed by atoms with Crippen LogP contribution in [0.5, 0.6) is 0 Å². The van der Waals surface area contributed by atoms with Crippen LogP contribution in [0, 0.1) is 0 Å². The highest BCUT2D eigenvalue weighted by Crippen LogP contribution is 2.34. The molecule has 0 N–H and O–H groups in total. The van der Waals surface area contributed by atoms with Crippen molar-refractivity contribution in [1.29, 1.82) is 0 Å². The number of halogens is 1. The van der Waals surface area contributed by atoms with Crippen molar-refractivity contribution in [3.8, 4) is 0 Å². The second-order valence-corrected chi connectivity index (χ2v) is 8.36. The number of nitrogens with zero attached hydrogens (tertiary/aromatic N) is 2. The predicted octanol–water partition coefficient (Wildman–Crippen LogP) is 3.45. The van der Waals surface area contributed by atoms with E-state index in [0.29, 0.717) is 18.2 Å². The molecule has 142 valence electrons. The summed E-state index contributed by atoms with van der Waals surface area (Å²) in [7, 11) is 1.57. The lowest BCUT2D eigenvalue weighted by molar-refractivity contribution is 0.184. The van der Waals surface area contributed by atoms with E-state index in [9.17, 15) is 9.59 Å². The smallest absolute Gasteiger partial charge is 0.332 e. The standard InChI is InChI=1S/C20H21ClN2O3S/c1-26-11-10-22-18(24)17-15-4-2-3-5-16(15)27-19(17)23(20(22)25)12-13-6-8-14(21)9-7-13/h6-9H,2-5,10-12H2,1H3. The molecule has 0 spiro atoms. The van der Waals surface area contributed by atoms with E-state index in [0.717, 1.165) is 47.0 Å². The maximum Gasteiger partial charge on any atom is 0.332 e. The molecule has 1 aliphatic rings. The molecule has 0 atom stereocenters. The summed E-state index contributed by atoms with van der Waals surface area (Å²) in [6.07, 6.45) is 4.13. The first-order valence-electron chi connectivity index (χ1n) is 9.11. The van der Waals surface area contributed by atoms with Gasteiger partial charge in [0.15, 0.2) is 0 Å². The zero-order valence-electron chi connectivity index (χ0n) is 15.2. The Morgan fingerprint density at radius 3 is 2.59 bits per heavy atom. The van der Waals surface area contributed by atoms with Crippen LogP contribution < -0.4 is 11.2 Å². The van der Waals surface area contributed by atoms with Crippen LogP contribution >= 0.6 is 22.9 Å². The Morgan fingerprint density at radius 1 is 1.11 bits per heavy atom. The number of aryl methyl sites for hydroxylation is 2. The quantitative estimate of drug-likeness (QED) is 0.654. The summed E-state index contributed by atoms with van der Waals surface area (Å²) in [5.41, 5.74) is 1.66. The number of ether oxygens (including phenoxy) is 1. The summed E-state index contributed by atoms with van der Waals surface area (Å²) < 4.78 is 8.17. The third-order valence-electron chi connectivity index (χ3n) is 5.09. The minimum atomic E-state index is -0.280. The van der Waals surface area contributed by atoms with Crippen molar-refractivity contribution in [2.24, 2.45) is 0 Å². The lowest BCUT2D eigenvalue weighted by Gasteiger charge is -2.13. The van der Waals surface area contributed by atoms with Gasteiger partial charge in [0, 0.05) is 17.0 Å². The van der Waals surface area contributed by atoms with E-state index in [4.69, 9.17) is 16.3 Å². The number of hydrogen-bond donors (Lipinski definition) is 0. The molecule has 0 radical (unpaired) electrons. The average Bonchev–Trinajstić information content (AvgIpc) is 3.06. The molecule has 2 heterocycles. The summed E-state index contributed by atoms with van der Waals surface area (Å²) in [5, 5.41) is 1.38. The lowest BCUT2D eigenvalue weighted by atomic mass is 9.97. The number of benzene rings is 1. The van der Waals surface area contributed by atoms with Crippen molar-refractivity contribution in [3.05, 3.63) is 66.1 Å². The number of methoxy groups -OCH3 is 1. The van der Waals surface area contributed by atoms with Gasteiger partial charge in [0.2, 0.25) is 0 Å².